The number of aromatic hydroxyl groups is 3. The predicted octanol–water partition coefficient (Wildman–Crippen LogP) is -2.32. The Morgan fingerprint density at radius 3 is 2.21 bits per heavy atom. The summed E-state index contributed by atoms with van der Waals surface area (Å²) in [5, 5.41) is 104. The van der Waals surface area contributed by atoms with Crippen molar-refractivity contribution in [2.45, 2.75) is 79.9 Å². The molecule has 0 saturated carbocycles. The second-order valence-corrected chi connectivity index (χ2v) is 10.8. The fourth-order valence-electron chi connectivity index (χ4n) is 5.81. The number of hydrogen-bond donors (Lipinski definition) is 10. The van der Waals surface area contributed by atoms with Crippen molar-refractivity contribution in [3.05, 3.63) is 47.5 Å². The first-order valence-corrected chi connectivity index (χ1v) is 13.0. The molecule has 5 rings (SSSR count). The number of Topliss-reactive ketones (excluding diaryl/α,β-unsaturated/α-hetero) is 1. The number of rotatable bonds is 5. The molecule has 10 N–H and O–H groups in total. The zero-order valence-corrected chi connectivity index (χ0v) is 22.1. The monoisotopic (exact) mass is 596 g/mol. The Morgan fingerprint density at radius 2 is 1.57 bits per heavy atom. The van der Waals surface area contributed by atoms with Crippen molar-refractivity contribution in [1.29, 1.82) is 0 Å². The van der Waals surface area contributed by atoms with Crippen LogP contribution >= 0.6 is 0 Å². The van der Waals surface area contributed by atoms with Gasteiger partial charge in [0.1, 0.15) is 76.9 Å². The van der Waals surface area contributed by atoms with Crippen LogP contribution in [0.25, 0.3) is 0 Å². The summed E-state index contributed by atoms with van der Waals surface area (Å²) < 4.78 is 23.0. The van der Waals surface area contributed by atoms with Gasteiger partial charge in [-0.1, -0.05) is 12.1 Å². The van der Waals surface area contributed by atoms with Gasteiger partial charge in [-0.25, -0.2) is 0 Å². The molecule has 11 atom stereocenters. The van der Waals surface area contributed by atoms with Gasteiger partial charge in [0, 0.05) is 12.1 Å². The average Bonchev–Trinajstić information content (AvgIpc) is 2.94. The quantitative estimate of drug-likeness (QED) is 0.174. The lowest BCUT2D eigenvalue weighted by atomic mass is 9.67. The van der Waals surface area contributed by atoms with Gasteiger partial charge in [-0.05, 0) is 24.6 Å². The maximum atomic E-state index is 13.5. The SMILES string of the molecule is CC1(C2(c3ccc(O)cc3)CC(=O)c3c(O)cc(O)cc3O2)OC(O[C@@H]2C(O)[C@@H](O)[C@@H](CO)O[C@@H]2O)C(O)C(O)C1O. The molecule has 3 heterocycles. The van der Waals surface area contributed by atoms with Gasteiger partial charge in [0.15, 0.2) is 24.0 Å². The van der Waals surface area contributed by atoms with Gasteiger partial charge in [-0.15, -0.1) is 0 Å². The van der Waals surface area contributed by atoms with Gasteiger partial charge >= 0.3 is 0 Å². The lowest BCUT2D eigenvalue weighted by Gasteiger charge is -2.57. The third-order valence-corrected chi connectivity index (χ3v) is 8.19. The maximum absolute atomic E-state index is 13.5. The van der Waals surface area contributed by atoms with Crippen molar-refractivity contribution in [3.8, 4) is 23.0 Å². The van der Waals surface area contributed by atoms with Gasteiger partial charge in [0.05, 0.1) is 13.0 Å². The number of aliphatic hydroxyl groups excluding tert-OH is 7. The summed E-state index contributed by atoms with van der Waals surface area (Å²) in [4.78, 5) is 13.5. The molecular formula is C27H32O15. The van der Waals surface area contributed by atoms with E-state index in [2.05, 4.69) is 0 Å². The Hall–Kier alpha value is -3.09. The molecule has 15 nitrogen and oxygen atoms in total. The van der Waals surface area contributed by atoms with E-state index < -0.39 is 96.8 Å². The highest BCUT2D eigenvalue weighted by Crippen LogP contribution is 2.54. The van der Waals surface area contributed by atoms with Gasteiger partial charge in [0.25, 0.3) is 0 Å². The fraction of sp³-hybridized carbons (Fsp3) is 0.519. The highest BCUT2D eigenvalue weighted by Gasteiger charge is 2.66. The summed E-state index contributed by atoms with van der Waals surface area (Å²) in [6.45, 7) is 0.485. The van der Waals surface area contributed by atoms with Crippen molar-refractivity contribution in [2.24, 2.45) is 0 Å². The minimum absolute atomic E-state index is 0.119. The number of fused-ring (bicyclic) bond motifs is 1. The molecule has 2 aromatic rings. The van der Waals surface area contributed by atoms with Gasteiger partial charge in [-0.2, -0.15) is 0 Å². The topological polar surface area (TPSA) is 256 Å². The predicted molar refractivity (Wildman–Crippen MR) is 135 cm³/mol. The summed E-state index contributed by atoms with van der Waals surface area (Å²) in [6.07, 6.45) is -17.4. The second kappa shape index (κ2) is 10.9. The van der Waals surface area contributed by atoms with Crippen molar-refractivity contribution in [1.82, 2.24) is 0 Å². The molecule has 7 unspecified atom stereocenters. The second-order valence-electron chi connectivity index (χ2n) is 10.8. The van der Waals surface area contributed by atoms with Crippen molar-refractivity contribution >= 4 is 5.78 Å². The molecule has 0 bridgehead atoms. The van der Waals surface area contributed by atoms with E-state index in [9.17, 15) is 55.9 Å². The minimum Gasteiger partial charge on any atom is -0.508 e. The zero-order chi connectivity index (χ0) is 30.7. The largest absolute Gasteiger partial charge is 0.508 e. The molecule has 0 radical (unpaired) electrons. The molecule has 2 saturated heterocycles. The van der Waals surface area contributed by atoms with Crippen molar-refractivity contribution in [2.75, 3.05) is 6.61 Å². The van der Waals surface area contributed by atoms with Crippen molar-refractivity contribution < 1.29 is 74.8 Å². The molecule has 15 heteroatoms. The summed E-state index contributed by atoms with van der Waals surface area (Å²) in [7, 11) is 0. The van der Waals surface area contributed by atoms with Crippen LogP contribution in [0.4, 0.5) is 0 Å². The van der Waals surface area contributed by atoms with Gasteiger partial charge < -0.3 is 70.0 Å². The van der Waals surface area contributed by atoms with E-state index in [1.54, 1.807) is 0 Å². The molecule has 2 fully saturated rings. The molecule has 0 amide bonds. The van der Waals surface area contributed by atoms with Crippen LogP contribution in [-0.4, -0.2) is 124 Å². The fourth-order valence-corrected chi connectivity index (χ4v) is 5.81. The molecular weight excluding hydrogens is 564 g/mol. The third kappa shape index (κ3) is 4.67. The summed E-state index contributed by atoms with van der Waals surface area (Å²) >= 11 is 0. The number of carbonyl (C=O) groups is 1. The van der Waals surface area contributed by atoms with Crippen molar-refractivity contribution in [3.63, 3.8) is 0 Å². The Kier molecular flexibility index (Phi) is 7.86. The van der Waals surface area contributed by atoms with E-state index in [4.69, 9.17) is 18.9 Å². The zero-order valence-electron chi connectivity index (χ0n) is 22.1. The van der Waals surface area contributed by atoms with Crippen LogP contribution in [0.2, 0.25) is 0 Å². The maximum Gasteiger partial charge on any atom is 0.187 e. The Bertz CT molecular complexity index is 1320. The van der Waals surface area contributed by atoms with Crippen LogP contribution in [-0.2, 0) is 19.8 Å². The molecule has 0 aromatic heterocycles. The molecule has 2 aromatic carbocycles. The Labute approximate surface area is 238 Å². The van der Waals surface area contributed by atoms with Gasteiger partial charge in [-0.3, -0.25) is 4.79 Å². The van der Waals surface area contributed by atoms with E-state index in [-0.39, 0.29) is 22.6 Å². The highest BCUT2D eigenvalue weighted by atomic mass is 16.7. The lowest BCUT2D eigenvalue weighted by molar-refractivity contribution is -0.393. The number of aliphatic hydroxyl groups is 7. The number of hydrogen-bond acceptors (Lipinski definition) is 15. The number of ether oxygens (including phenoxy) is 4. The standard InChI is InChI=1S/C27H32O15/c1-26(23(37)20(35)21(36)25(42-26)40-22-19(34)18(33)16(9-28)39-24(22)38)27(10-2-4-11(29)5-3-10)8-14(32)17-13(31)6-12(30)7-15(17)41-27/h2-7,16,18-25,28-31,33-38H,8-9H2,1H3/t16-,18+,19?,20?,21?,22-,23?,24+,25?,26?,27?/m1/s1. The first kappa shape index (κ1) is 30.4. The van der Waals surface area contributed by atoms with Crippen LogP contribution in [0, 0.1) is 0 Å². The summed E-state index contributed by atoms with van der Waals surface area (Å²) in [5.41, 5.74) is -4.47. The average molecular weight is 597 g/mol. The highest BCUT2D eigenvalue weighted by molar-refractivity contribution is 6.03. The van der Waals surface area contributed by atoms with E-state index in [0.29, 0.717) is 0 Å². The van der Waals surface area contributed by atoms with Crippen LogP contribution in [0.1, 0.15) is 29.3 Å². The number of phenols is 3. The first-order valence-electron chi connectivity index (χ1n) is 13.0. The molecule has 3 aliphatic heterocycles. The molecule has 230 valence electrons. The number of phenolic OH excluding ortho intramolecular Hbond substituents is 3. The molecule has 3 aliphatic rings. The number of benzene rings is 2. The number of carbonyl (C=O) groups excluding carboxylic acids is 1. The molecule has 0 aliphatic carbocycles. The van der Waals surface area contributed by atoms with E-state index in [1.165, 1.54) is 31.2 Å². The normalized spacial score (nSPS) is 40.3. The van der Waals surface area contributed by atoms with E-state index in [0.717, 1.165) is 12.1 Å². The smallest absolute Gasteiger partial charge is 0.187 e. The Morgan fingerprint density at radius 1 is 0.905 bits per heavy atom. The molecule has 42 heavy (non-hydrogen) atoms. The summed E-state index contributed by atoms with van der Waals surface area (Å²) in [5.74, 6) is -2.24. The Balaban J connectivity index is 1.60. The van der Waals surface area contributed by atoms with E-state index in [1.807, 2.05) is 0 Å². The first-order chi connectivity index (χ1) is 19.7. The lowest BCUT2D eigenvalue weighted by Crippen LogP contribution is -2.73. The van der Waals surface area contributed by atoms with Crippen LogP contribution in [0.5, 0.6) is 23.0 Å². The third-order valence-electron chi connectivity index (χ3n) is 8.19. The van der Waals surface area contributed by atoms with Crippen LogP contribution in [0.15, 0.2) is 36.4 Å². The number of ketones is 1. The van der Waals surface area contributed by atoms with Gasteiger partial charge in [0.2, 0.25) is 0 Å². The van der Waals surface area contributed by atoms with Crippen LogP contribution < -0.4 is 4.74 Å². The van der Waals surface area contributed by atoms with E-state index >= 15 is 0 Å². The summed E-state index contributed by atoms with van der Waals surface area (Å²) in [6, 6.07) is 7.18. The molecule has 0 spiro atoms. The minimum atomic E-state index is -2.22. The van der Waals surface area contributed by atoms with Crippen LogP contribution in [0.3, 0.4) is 0 Å².